The summed E-state index contributed by atoms with van der Waals surface area (Å²) in [5.74, 6) is -0.156. The van der Waals surface area contributed by atoms with Crippen molar-refractivity contribution in [2.24, 2.45) is 5.73 Å². The van der Waals surface area contributed by atoms with Crippen LogP contribution in [0, 0.1) is 12.7 Å². The fourth-order valence-electron chi connectivity index (χ4n) is 1.71. The second kappa shape index (κ2) is 5.46. The van der Waals surface area contributed by atoms with Crippen molar-refractivity contribution in [3.05, 3.63) is 45.7 Å². The van der Waals surface area contributed by atoms with Crippen LogP contribution in [-0.2, 0) is 6.42 Å². The highest BCUT2D eigenvalue weighted by Crippen LogP contribution is 2.24. The van der Waals surface area contributed by atoms with Gasteiger partial charge in [-0.1, -0.05) is 6.07 Å². The van der Waals surface area contributed by atoms with Crippen molar-refractivity contribution in [2.45, 2.75) is 19.4 Å². The molecule has 0 fully saturated rings. The third kappa shape index (κ3) is 2.86. The molecular formula is C13H15FN2OS. The maximum Gasteiger partial charge on any atom is 0.165 e. The molecule has 5 heteroatoms. The van der Waals surface area contributed by atoms with Crippen LogP contribution >= 0.6 is 11.3 Å². The van der Waals surface area contributed by atoms with E-state index in [0.717, 1.165) is 16.3 Å². The number of halogens is 1. The number of thiazole rings is 1. The lowest BCUT2D eigenvalue weighted by molar-refractivity contribution is 0.385. The van der Waals surface area contributed by atoms with Gasteiger partial charge in [-0.05, 0) is 24.6 Å². The predicted molar refractivity (Wildman–Crippen MR) is 70.4 cm³/mol. The second-order valence-corrected chi connectivity index (χ2v) is 5.03. The monoisotopic (exact) mass is 266 g/mol. The zero-order chi connectivity index (χ0) is 13.1. The number of rotatable bonds is 4. The molecule has 0 radical (unpaired) electrons. The summed E-state index contributed by atoms with van der Waals surface area (Å²) in [6.07, 6.45) is 0.646. The van der Waals surface area contributed by atoms with Crippen LogP contribution in [-0.4, -0.2) is 12.1 Å². The summed E-state index contributed by atoms with van der Waals surface area (Å²) < 4.78 is 18.2. The Labute approximate surface area is 109 Å². The molecule has 18 heavy (non-hydrogen) atoms. The Bertz CT molecular complexity index is 542. The largest absolute Gasteiger partial charge is 0.494 e. The van der Waals surface area contributed by atoms with Crippen molar-refractivity contribution in [3.63, 3.8) is 0 Å². The summed E-state index contributed by atoms with van der Waals surface area (Å²) in [5, 5.41) is 2.98. The zero-order valence-electron chi connectivity index (χ0n) is 10.3. The Morgan fingerprint density at radius 2 is 2.28 bits per heavy atom. The second-order valence-electron chi connectivity index (χ2n) is 4.09. The van der Waals surface area contributed by atoms with Gasteiger partial charge in [0.05, 0.1) is 12.1 Å². The third-order valence-corrected chi connectivity index (χ3v) is 3.65. The lowest BCUT2D eigenvalue weighted by Crippen LogP contribution is -2.13. The van der Waals surface area contributed by atoms with Crippen LogP contribution in [0.3, 0.4) is 0 Å². The standard InChI is InChI=1S/C13H15FN2OS/c1-8-7-18-13(16-8)6-11(15)9-3-4-10(14)12(5-9)17-2/h3-5,7,11H,6,15H2,1-2H3. The Morgan fingerprint density at radius 3 is 2.89 bits per heavy atom. The van der Waals surface area contributed by atoms with Crippen molar-refractivity contribution >= 4 is 11.3 Å². The van der Waals surface area contributed by atoms with Crippen LogP contribution in [0.2, 0.25) is 0 Å². The minimum absolute atomic E-state index is 0.204. The lowest BCUT2D eigenvalue weighted by Gasteiger charge is -2.12. The van der Waals surface area contributed by atoms with E-state index in [2.05, 4.69) is 4.98 Å². The van der Waals surface area contributed by atoms with E-state index in [1.165, 1.54) is 13.2 Å². The molecule has 0 amide bonds. The first kappa shape index (κ1) is 13.0. The smallest absolute Gasteiger partial charge is 0.165 e. The topological polar surface area (TPSA) is 48.1 Å². The van der Waals surface area contributed by atoms with Crippen LogP contribution in [0.1, 0.15) is 22.3 Å². The first-order valence-corrected chi connectivity index (χ1v) is 6.48. The summed E-state index contributed by atoms with van der Waals surface area (Å²) >= 11 is 1.59. The maximum atomic E-state index is 13.3. The molecule has 0 aliphatic rings. The van der Waals surface area contributed by atoms with E-state index in [0.29, 0.717) is 6.42 Å². The highest BCUT2D eigenvalue weighted by atomic mass is 32.1. The minimum atomic E-state index is -0.376. The van der Waals surface area contributed by atoms with Crippen LogP contribution in [0.5, 0.6) is 5.75 Å². The van der Waals surface area contributed by atoms with Gasteiger partial charge in [0.1, 0.15) is 0 Å². The quantitative estimate of drug-likeness (QED) is 0.925. The van der Waals surface area contributed by atoms with Crippen LogP contribution in [0.4, 0.5) is 4.39 Å². The zero-order valence-corrected chi connectivity index (χ0v) is 11.1. The Balaban J connectivity index is 2.15. The van der Waals surface area contributed by atoms with Gasteiger partial charge in [-0.25, -0.2) is 9.37 Å². The minimum Gasteiger partial charge on any atom is -0.494 e. The molecular weight excluding hydrogens is 251 g/mol. The third-order valence-electron chi connectivity index (χ3n) is 2.66. The lowest BCUT2D eigenvalue weighted by atomic mass is 10.0. The number of benzene rings is 1. The predicted octanol–water partition coefficient (Wildman–Crippen LogP) is 2.84. The average Bonchev–Trinajstić information content (AvgIpc) is 2.75. The van der Waals surface area contributed by atoms with E-state index < -0.39 is 0 Å². The number of ether oxygens (including phenoxy) is 1. The number of aromatic nitrogens is 1. The van der Waals surface area contributed by atoms with Crippen molar-refractivity contribution in [1.29, 1.82) is 0 Å². The molecule has 0 saturated carbocycles. The fourth-order valence-corrected chi connectivity index (χ4v) is 2.54. The summed E-state index contributed by atoms with van der Waals surface area (Å²) in [7, 11) is 1.44. The van der Waals surface area contributed by atoms with Gasteiger partial charge in [0, 0.05) is 23.5 Å². The van der Waals surface area contributed by atoms with Gasteiger partial charge in [0.2, 0.25) is 0 Å². The van der Waals surface area contributed by atoms with E-state index >= 15 is 0 Å². The molecule has 0 bridgehead atoms. The van der Waals surface area contributed by atoms with Crippen LogP contribution < -0.4 is 10.5 Å². The molecule has 1 heterocycles. The Morgan fingerprint density at radius 1 is 1.50 bits per heavy atom. The highest BCUT2D eigenvalue weighted by Gasteiger charge is 2.12. The van der Waals surface area contributed by atoms with E-state index in [1.54, 1.807) is 23.5 Å². The van der Waals surface area contributed by atoms with Gasteiger partial charge in [-0.2, -0.15) is 0 Å². The molecule has 1 unspecified atom stereocenters. The number of nitrogens with two attached hydrogens (primary N) is 1. The van der Waals surface area contributed by atoms with Gasteiger partial charge in [0.25, 0.3) is 0 Å². The fraction of sp³-hybridized carbons (Fsp3) is 0.308. The molecule has 2 rings (SSSR count). The van der Waals surface area contributed by atoms with Gasteiger partial charge in [0.15, 0.2) is 11.6 Å². The van der Waals surface area contributed by atoms with Gasteiger partial charge >= 0.3 is 0 Å². The summed E-state index contributed by atoms with van der Waals surface area (Å²) in [4.78, 5) is 4.37. The molecule has 2 N–H and O–H groups in total. The first-order valence-electron chi connectivity index (χ1n) is 5.60. The average molecular weight is 266 g/mol. The summed E-state index contributed by atoms with van der Waals surface area (Å²) in [6.45, 7) is 1.95. The van der Waals surface area contributed by atoms with Crippen LogP contribution in [0.15, 0.2) is 23.6 Å². The van der Waals surface area contributed by atoms with E-state index in [9.17, 15) is 4.39 Å². The Hall–Kier alpha value is -1.46. The highest BCUT2D eigenvalue weighted by molar-refractivity contribution is 7.09. The number of nitrogens with zero attached hydrogens (tertiary/aromatic N) is 1. The first-order chi connectivity index (χ1) is 8.60. The molecule has 3 nitrogen and oxygen atoms in total. The van der Waals surface area contributed by atoms with Crippen molar-refractivity contribution < 1.29 is 9.13 Å². The summed E-state index contributed by atoms with van der Waals surface area (Å²) in [6, 6.07) is 4.50. The van der Waals surface area contributed by atoms with Crippen molar-refractivity contribution in [2.75, 3.05) is 7.11 Å². The molecule has 0 spiro atoms. The molecule has 2 aromatic rings. The van der Waals surface area contributed by atoms with Crippen molar-refractivity contribution in [1.82, 2.24) is 4.98 Å². The molecule has 1 aromatic heterocycles. The van der Waals surface area contributed by atoms with Gasteiger partial charge in [-0.15, -0.1) is 11.3 Å². The van der Waals surface area contributed by atoms with Crippen molar-refractivity contribution in [3.8, 4) is 5.75 Å². The van der Waals surface area contributed by atoms with E-state index in [1.807, 2.05) is 12.3 Å². The van der Waals surface area contributed by atoms with E-state index in [-0.39, 0.29) is 17.6 Å². The summed E-state index contributed by atoms with van der Waals surface area (Å²) in [5.41, 5.74) is 7.95. The van der Waals surface area contributed by atoms with E-state index in [4.69, 9.17) is 10.5 Å². The SMILES string of the molecule is COc1cc(C(N)Cc2nc(C)cs2)ccc1F. The molecule has 96 valence electrons. The molecule has 0 saturated heterocycles. The van der Waals surface area contributed by atoms with Gasteiger partial charge < -0.3 is 10.5 Å². The maximum absolute atomic E-state index is 13.3. The number of aryl methyl sites for hydroxylation is 1. The molecule has 1 aromatic carbocycles. The normalized spacial score (nSPS) is 12.4. The van der Waals surface area contributed by atoms with Crippen LogP contribution in [0.25, 0.3) is 0 Å². The molecule has 0 aliphatic heterocycles. The molecule has 1 atom stereocenters. The number of hydrogen-bond acceptors (Lipinski definition) is 4. The molecule has 0 aliphatic carbocycles. The number of methoxy groups -OCH3 is 1. The van der Waals surface area contributed by atoms with Gasteiger partial charge in [-0.3, -0.25) is 0 Å². The number of hydrogen-bond donors (Lipinski definition) is 1. The Kier molecular flexibility index (Phi) is 3.93.